The highest BCUT2D eigenvalue weighted by molar-refractivity contribution is 5.81. The van der Waals surface area contributed by atoms with E-state index in [-0.39, 0.29) is 48.8 Å². The first kappa shape index (κ1) is 28.3. The molecule has 4 aliphatic rings. The van der Waals surface area contributed by atoms with Crippen molar-refractivity contribution in [1.29, 1.82) is 0 Å². The SMILES string of the molecule is O=C(NCc1ccccc1)[C@@H]1C[C@@H]2CCC[C@@H]2[N+]1([O-])CCC[N+]1([O-])[C@H](C(=O)NCc2ccccc2)C[C@@H]2CCC[C@@H]21. The summed E-state index contributed by atoms with van der Waals surface area (Å²) in [5, 5.41) is 35.2. The number of nitrogens with zero attached hydrogens (tertiary/aromatic N) is 2. The third kappa shape index (κ3) is 5.55. The van der Waals surface area contributed by atoms with Crippen molar-refractivity contribution >= 4 is 11.8 Å². The standard InChI is InChI=1S/C33H44N4O4/c38-32(34-22-24-10-3-1-4-11-24)30-20-26-14-7-16-28(26)36(30,40)18-9-19-37(41)29-17-8-15-27(29)21-31(37)33(39)35-23-25-12-5-2-6-13-25/h1-6,10-13,26-31H,7-9,14-23H2,(H,34,38)(H,35,39)/t26-,27-,28-,29-,30-,31-,36?,37?/m0/s1. The molecule has 2 aromatic rings. The van der Waals surface area contributed by atoms with Crippen LogP contribution in [-0.4, -0.2) is 58.4 Å². The second-order valence-corrected chi connectivity index (χ2v) is 12.9. The second-order valence-electron chi connectivity index (χ2n) is 12.9. The van der Waals surface area contributed by atoms with E-state index in [1.165, 1.54) is 0 Å². The predicted molar refractivity (Wildman–Crippen MR) is 157 cm³/mol. The number of rotatable bonds is 10. The summed E-state index contributed by atoms with van der Waals surface area (Å²) in [6.45, 7) is 1.36. The van der Waals surface area contributed by atoms with Gasteiger partial charge in [-0.2, -0.15) is 0 Å². The van der Waals surface area contributed by atoms with Gasteiger partial charge in [0.1, 0.15) is 0 Å². The Morgan fingerprint density at radius 2 is 1.07 bits per heavy atom. The van der Waals surface area contributed by atoms with Crippen LogP contribution in [-0.2, 0) is 22.7 Å². The maximum Gasteiger partial charge on any atom is 0.278 e. The first-order valence-electron chi connectivity index (χ1n) is 15.7. The summed E-state index contributed by atoms with van der Waals surface area (Å²) in [6, 6.07) is 18.2. The zero-order valence-corrected chi connectivity index (χ0v) is 24.0. The van der Waals surface area contributed by atoms with Gasteiger partial charge in [0, 0.05) is 57.0 Å². The Morgan fingerprint density at radius 1 is 0.659 bits per heavy atom. The molecule has 0 spiro atoms. The van der Waals surface area contributed by atoms with Crippen LogP contribution in [0.25, 0.3) is 0 Å². The van der Waals surface area contributed by atoms with Crippen molar-refractivity contribution in [3.8, 4) is 0 Å². The van der Waals surface area contributed by atoms with Gasteiger partial charge in [-0.3, -0.25) is 9.59 Å². The number of fused-ring (bicyclic) bond motifs is 2. The molecular weight excluding hydrogens is 516 g/mol. The van der Waals surface area contributed by atoms with Crippen molar-refractivity contribution < 1.29 is 18.9 Å². The Balaban J connectivity index is 1.12. The molecule has 4 fully saturated rings. The summed E-state index contributed by atoms with van der Waals surface area (Å²) < 4.78 is -1.02. The summed E-state index contributed by atoms with van der Waals surface area (Å²) in [5.74, 6) is 0.217. The van der Waals surface area contributed by atoms with Crippen LogP contribution in [0, 0.1) is 22.3 Å². The predicted octanol–water partition coefficient (Wildman–Crippen LogP) is 4.52. The molecule has 8 nitrogen and oxygen atoms in total. The van der Waals surface area contributed by atoms with Gasteiger partial charge in [-0.05, 0) is 36.8 Å². The Hall–Kier alpha value is -2.78. The van der Waals surface area contributed by atoms with Gasteiger partial charge in [0.2, 0.25) is 0 Å². The van der Waals surface area contributed by atoms with Crippen molar-refractivity contribution in [2.24, 2.45) is 11.8 Å². The smallest absolute Gasteiger partial charge is 0.278 e. The molecule has 2 unspecified atom stereocenters. The Bertz CT molecular complexity index is 1120. The average Bonchev–Trinajstić information content (AvgIpc) is 3.76. The van der Waals surface area contributed by atoms with E-state index < -0.39 is 21.4 Å². The zero-order valence-electron chi connectivity index (χ0n) is 24.0. The van der Waals surface area contributed by atoms with Crippen molar-refractivity contribution in [3.63, 3.8) is 0 Å². The Kier molecular flexibility index (Phi) is 8.19. The Labute approximate surface area is 243 Å². The number of quaternary nitrogens is 2. The van der Waals surface area contributed by atoms with Gasteiger partial charge < -0.3 is 30.3 Å². The molecule has 2 amide bonds. The van der Waals surface area contributed by atoms with E-state index in [1.54, 1.807) is 0 Å². The minimum Gasteiger partial charge on any atom is -0.632 e. The van der Waals surface area contributed by atoms with E-state index in [9.17, 15) is 20.0 Å². The molecule has 6 rings (SSSR count). The van der Waals surface area contributed by atoms with Gasteiger partial charge in [-0.15, -0.1) is 0 Å². The van der Waals surface area contributed by atoms with Crippen LogP contribution in [0.4, 0.5) is 0 Å². The number of carbonyl (C=O) groups excluding carboxylic acids is 2. The molecule has 2 saturated heterocycles. The van der Waals surface area contributed by atoms with Gasteiger partial charge >= 0.3 is 0 Å². The van der Waals surface area contributed by atoms with Crippen LogP contribution >= 0.6 is 0 Å². The number of hydrogen-bond acceptors (Lipinski definition) is 4. The van der Waals surface area contributed by atoms with E-state index in [4.69, 9.17) is 0 Å². The third-order valence-electron chi connectivity index (χ3n) is 10.7. The molecule has 2 aromatic carbocycles. The highest BCUT2D eigenvalue weighted by Crippen LogP contribution is 2.48. The minimum absolute atomic E-state index is 0.0645. The number of likely N-dealkylation sites (tertiary alicyclic amines) is 2. The van der Waals surface area contributed by atoms with E-state index in [1.807, 2.05) is 60.7 Å². The molecule has 2 aliphatic carbocycles. The van der Waals surface area contributed by atoms with E-state index in [0.29, 0.717) is 32.4 Å². The number of hydrogen-bond donors (Lipinski definition) is 2. The van der Waals surface area contributed by atoms with E-state index in [2.05, 4.69) is 10.6 Å². The molecule has 2 aliphatic heterocycles. The van der Waals surface area contributed by atoms with Crippen LogP contribution in [0.2, 0.25) is 0 Å². The summed E-state index contributed by atoms with van der Waals surface area (Å²) in [5.41, 5.74) is 2.02. The number of amides is 2. The number of carbonyl (C=O) groups is 2. The van der Waals surface area contributed by atoms with Crippen LogP contribution in [0.3, 0.4) is 0 Å². The summed E-state index contributed by atoms with van der Waals surface area (Å²) in [7, 11) is 0. The molecule has 0 aromatic heterocycles. The third-order valence-corrected chi connectivity index (χ3v) is 10.7. The van der Waals surface area contributed by atoms with Crippen LogP contribution < -0.4 is 10.6 Å². The van der Waals surface area contributed by atoms with Crippen LogP contribution in [0.5, 0.6) is 0 Å². The van der Waals surface area contributed by atoms with E-state index >= 15 is 0 Å². The molecular formula is C33H44N4O4. The molecule has 8 heteroatoms. The van der Waals surface area contributed by atoms with Crippen LogP contribution in [0.15, 0.2) is 60.7 Å². The quantitative estimate of drug-likeness (QED) is 0.329. The lowest BCUT2D eigenvalue weighted by atomic mass is 10.0. The highest BCUT2D eigenvalue weighted by atomic mass is 16.6. The van der Waals surface area contributed by atoms with Gasteiger partial charge in [-0.25, -0.2) is 0 Å². The number of nitrogens with one attached hydrogen (secondary N) is 2. The highest BCUT2D eigenvalue weighted by Gasteiger charge is 2.56. The molecule has 2 N–H and O–H groups in total. The summed E-state index contributed by atoms with van der Waals surface area (Å²) in [4.78, 5) is 26.8. The minimum atomic E-state index is -0.628. The maximum atomic E-state index is 14.6. The summed E-state index contributed by atoms with van der Waals surface area (Å²) >= 11 is 0. The van der Waals surface area contributed by atoms with Gasteiger partial charge in [-0.1, -0.05) is 60.7 Å². The van der Waals surface area contributed by atoms with Crippen molar-refractivity contribution in [2.75, 3.05) is 13.1 Å². The molecule has 2 saturated carbocycles. The molecule has 8 atom stereocenters. The monoisotopic (exact) mass is 560 g/mol. The first-order valence-corrected chi connectivity index (χ1v) is 15.7. The molecule has 0 bridgehead atoms. The lowest BCUT2D eigenvalue weighted by Gasteiger charge is -2.51. The zero-order chi connectivity index (χ0) is 28.5. The van der Waals surface area contributed by atoms with Crippen LogP contribution in [0.1, 0.15) is 68.9 Å². The summed E-state index contributed by atoms with van der Waals surface area (Å²) in [6.07, 6.45) is 7.46. The Morgan fingerprint density at radius 3 is 1.49 bits per heavy atom. The average molecular weight is 561 g/mol. The fraction of sp³-hybridized carbons (Fsp3) is 0.576. The van der Waals surface area contributed by atoms with Crippen molar-refractivity contribution in [3.05, 3.63) is 82.2 Å². The van der Waals surface area contributed by atoms with Gasteiger partial charge in [0.25, 0.3) is 11.8 Å². The lowest BCUT2D eigenvalue weighted by molar-refractivity contribution is -0.926. The normalized spacial score (nSPS) is 35.7. The maximum absolute atomic E-state index is 14.6. The fourth-order valence-corrected chi connectivity index (χ4v) is 8.75. The molecule has 2 heterocycles. The van der Waals surface area contributed by atoms with Gasteiger partial charge in [0.15, 0.2) is 12.1 Å². The number of hydroxylamine groups is 6. The van der Waals surface area contributed by atoms with Crippen molar-refractivity contribution in [1.82, 2.24) is 10.6 Å². The molecule has 41 heavy (non-hydrogen) atoms. The number of benzene rings is 2. The topological polar surface area (TPSA) is 104 Å². The fourth-order valence-electron chi connectivity index (χ4n) is 8.75. The largest absolute Gasteiger partial charge is 0.632 e. The van der Waals surface area contributed by atoms with E-state index in [0.717, 1.165) is 49.7 Å². The lowest BCUT2D eigenvalue weighted by Crippen LogP contribution is -2.60. The molecule has 220 valence electrons. The second kappa shape index (κ2) is 11.8. The van der Waals surface area contributed by atoms with Gasteiger partial charge in [0.05, 0.1) is 25.2 Å². The molecule has 0 radical (unpaired) electrons. The van der Waals surface area contributed by atoms with Crippen molar-refractivity contribution in [2.45, 2.75) is 95.0 Å². The first-order chi connectivity index (χ1) is 19.9.